The molecule has 0 saturated heterocycles. The first-order valence-corrected chi connectivity index (χ1v) is 4.61. The van der Waals surface area contributed by atoms with E-state index in [1.165, 1.54) is 12.5 Å². The molecular formula is C6H15NOSi. The number of nitrogens with one attached hydrogen (secondary N) is 1. The topological polar surface area (TPSA) is 21.3 Å². The zero-order chi connectivity index (χ0) is 7.11. The van der Waals surface area contributed by atoms with Gasteiger partial charge in [-0.05, 0) is 19.9 Å². The molecule has 0 saturated carbocycles. The molecule has 0 fully saturated rings. The van der Waals surface area contributed by atoms with E-state index in [2.05, 4.69) is 12.1 Å². The van der Waals surface area contributed by atoms with Crippen LogP contribution in [0.2, 0.25) is 6.04 Å². The molecule has 3 heteroatoms. The SMILES string of the molecule is CCC[Si]NOC(C)C. The average molecular weight is 145 g/mol. The quantitative estimate of drug-likeness (QED) is 0.358. The normalized spacial score (nSPS) is 10.7. The zero-order valence-corrected chi connectivity index (χ0v) is 7.40. The van der Waals surface area contributed by atoms with Gasteiger partial charge in [-0.15, -0.1) is 0 Å². The maximum atomic E-state index is 5.11. The summed E-state index contributed by atoms with van der Waals surface area (Å²) in [5.41, 5.74) is 0. The number of hydrogen-bond donors (Lipinski definition) is 1. The predicted octanol–water partition coefficient (Wildman–Crippen LogP) is 1.36. The summed E-state index contributed by atoms with van der Waals surface area (Å²) < 4.78 is 0. The van der Waals surface area contributed by atoms with Gasteiger partial charge in [0.2, 0.25) is 0 Å². The fourth-order valence-electron chi connectivity index (χ4n) is 0.336. The van der Waals surface area contributed by atoms with Crippen molar-refractivity contribution in [2.75, 3.05) is 0 Å². The molecule has 0 rings (SSSR count). The van der Waals surface area contributed by atoms with Gasteiger partial charge in [0, 0.05) is 0 Å². The fourth-order valence-corrected chi connectivity index (χ4v) is 1.01. The van der Waals surface area contributed by atoms with E-state index < -0.39 is 0 Å². The number of hydrogen-bond acceptors (Lipinski definition) is 2. The van der Waals surface area contributed by atoms with Crippen LogP contribution in [0.15, 0.2) is 0 Å². The maximum Gasteiger partial charge on any atom is 0.174 e. The molecule has 0 aromatic heterocycles. The van der Waals surface area contributed by atoms with Crippen LogP contribution in [0.1, 0.15) is 27.2 Å². The summed E-state index contributed by atoms with van der Waals surface area (Å²) in [6.45, 7) is 6.21. The average Bonchev–Trinajstić information content (AvgIpc) is 1.80. The van der Waals surface area contributed by atoms with Gasteiger partial charge in [-0.3, -0.25) is 0 Å². The van der Waals surface area contributed by atoms with Gasteiger partial charge < -0.3 is 4.84 Å². The lowest BCUT2D eigenvalue weighted by Crippen LogP contribution is -2.23. The lowest BCUT2D eigenvalue weighted by molar-refractivity contribution is 0.0395. The van der Waals surface area contributed by atoms with E-state index in [1.807, 2.05) is 13.8 Å². The summed E-state index contributed by atoms with van der Waals surface area (Å²) in [7, 11) is 0.753. The molecule has 54 valence electrons. The highest BCUT2D eigenvalue weighted by atomic mass is 28.2. The Morgan fingerprint density at radius 2 is 2.22 bits per heavy atom. The summed E-state index contributed by atoms with van der Waals surface area (Å²) in [4.78, 5) is 5.11. The Morgan fingerprint density at radius 3 is 2.67 bits per heavy atom. The first-order chi connectivity index (χ1) is 4.27. The van der Waals surface area contributed by atoms with E-state index in [9.17, 15) is 0 Å². The molecule has 0 atom stereocenters. The van der Waals surface area contributed by atoms with Crippen molar-refractivity contribution in [3.63, 3.8) is 0 Å². The van der Waals surface area contributed by atoms with E-state index in [0.29, 0.717) is 6.10 Å². The van der Waals surface area contributed by atoms with E-state index in [-0.39, 0.29) is 0 Å². The standard InChI is InChI=1S/C6H15NOSi/c1-4-5-9-7-8-6(2)3/h6-7H,4-5H2,1-3H3. The Morgan fingerprint density at radius 1 is 1.56 bits per heavy atom. The molecule has 0 amide bonds. The molecule has 9 heavy (non-hydrogen) atoms. The van der Waals surface area contributed by atoms with Crippen LogP contribution in [0.25, 0.3) is 0 Å². The summed E-state index contributed by atoms with van der Waals surface area (Å²) in [6.07, 6.45) is 1.53. The molecular weight excluding hydrogens is 130 g/mol. The highest BCUT2D eigenvalue weighted by Crippen LogP contribution is 1.84. The first kappa shape index (κ1) is 9.14. The lowest BCUT2D eigenvalue weighted by atomic mass is 10.5. The van der Waals surface area contributed by atoms with Gasteiger partial charge in [0.1, 0.15) is 0 Å². The van der Waals surface area contributed by atoms with Gasteiger partial charge in [-0.25, -0.2) is 5.15 Å². The molecule has 0 aliphatic rings. The summed E-state index contributed by atoms with van der Waals surface area (Å²) in [5, 5.41) is 2.91. The third-order valence-electron chi connectivity index (χ3n) is 0.742. The highest BCUT2D eigenvalue weighted by molar-refractivity contribution is 6.31. The van der Waals surface area contributed by atoms with Crippen LogP contribution in [-0.4, -0.2) is 15.8 Å². The van der Waals surface area contributed by atoms with Gasteiger partial charge in [0.15, 0.2) is 9.68 Å². The second-order valence-electron chi connectivity index (χ2n) is 2.20. The van der Waals surface area contributed by atoms with Crippen LogP contribution in [0.3, 0.4) is 0 Å². The van der Waals surface area contributed by atoms with E-state index >= 15 is 0 Å². The maximum absolute atomic E-state index is 5.11. The summed E-state index contributed by atoms with van der Waals surface area (Å²) in [6, 6.07) is 1.22. The predicted molar refractivity (Wildman–Crippen MR) is 40.2 cm³/mol. The van der Waals surface area contributed by atoms with Gasteiger partial charge in [0.25, 0.3) is 0 Å². The van der Waals surface area contributed by atoms with E-state index in [1.54, 1.807) is 0 Å². The van der Waals surface area contributed by atoms with Crippen molar-refractivity contribution in [3.05, 3.63) is 0 Å². The molecule has 0 unspecified atom stereocenters. The molecule has 1 N–H and O–H groups in total. The molecule has 0 spiro atoms. The van der Waals surface area contributed by atoms with Crippen molar-refractivity contribution in [2.24, 2.45) is 0 Å². The summed E-state index contributed by atoms with van der Waals surface area (Å²) >= 11 is 0. The van der Waals surface area contributed by atoms with Gasteiger partial charge in [-0.2, -0.15) is 0 Å². The molecule has 2 radical (unpaired) electrons. The van der Waals surface area contributed by atoms with Crippen molar-refractivity contribution >= 4 is 9.68 Å². The fraction of sp³-hybridized carbons (Fsp3) is 1.00. The molecule has 2 nitrogen and oxygen atoms in total. The van der Waals surface area contributed by atoms with Crippen LogP contribution >= 0.6 is 0 Å². The van der Waals surface area contributed by atoms with Crippen LogP contribution in [0, 0.1) is 0 Å². The molecule has 0 aromatic rings. The minimum absolute atomic E-state index is 0.300. The van der Waals surface area contributed by atoms with Crippen LogP contribution in [0.5, 0.6) is 0 Å². The van der Waals surface area contributed by atoms with Gasteiger partial charge in [-0.1, -0.05) is 13.3 Å². The molecule has 0 aromatic carbocycles. The molecule has 0 heterocycles. The van der Waals surface area contributed by atoms with Gasteiger partial charge >= 0.3 is 0 Å². The Labute approximate surface area is 59.8 Å². The third-order valence-corrected chi connectivity index (χ3v) is 1.75. The van der Waals surface area contributed by atoms with Crippen LogP contribution in [0.4, 0.5) is 0 Å². The van der Waals surface area contributed by atoms with E-state index in [0.717, 1.165) is 9.68 Å². The zero-order valence-electron chi connectivity index (χ0n) is 6.40. The van der Waals surface area contributed by atoms with Crippen molar-refractivity contribution in [1.29, 1.82) is 0 Å². The molecule has 0 aliphatic heterocycles. The second-order valence-corrected chi connectivity index (χ2v) is 3.25. The molecule has 0 bridgehead atoms. The lowest BCUT2D eigenvalue weighted by Gasteiger charge is -2.05. The Hall–Kier alpha value is 0.137. The Kier molecular flexibility index (Phi) is 6.35. The molecule has 0 aliphatic carbocycles. The van der Waals surface area contributed by atoms with E-state index in [4.69, 9.17) is 4.84 Å². The number of rotatable bonds is 5. The highest BCUT2D eigenvalue weighted by Gasteiger charge is 1.91. The van der Waals surface area contributed by atoms with Crippen molar-refractivity contribution < 1.29 is 4.84 Å². The minimum Gasteiger partial charge on any atom is -0.307 e. The monoisotopic (exact) mass is 145 g/mol. The summed E-state index contributed by atoms with van der Waals surface area (Å²) in [5.74, 6) is 0. The Bertz CT molecular complexity index is 59.0. The largest absolute Gasteiger partial charge is 0.307 e. The van der Waals surface area contributed by atoms with Crippen molar-refractivity contribution in [3.8, 4) is 0 Å². The Balaban J connectivity index is 2.75. The van der Waals surface area contributed by atoms with Crippen LogP contribution < -0.4 is 5.15 Å². The smallest absolute Gasteiger partial charge is 0.174 e. The van der Waals surface area contributed by atoms with Gasteiger partial charge in [0.05, 0.1) is 6.10 Å². The van der Waals surface area contributed by atoms with Crippen LogP contribution in [-0.2, 0) is 4.84 Å². The first-order valence-electron chi connectivity index (χ1n) is 3.41. The minimum atomic E-state index is 0.300. The van der Waals surface area contributed by atoms with Crippen molar-refractivity contribution in [1.82, 2.24) is 5.15 Å². The van der Waals surface area contributed by atoms with Crippen molar-refractivity contribution in [2.45, 2.75) is 39.3 Å². The third kappa shape index (κ3) is 8.14. The second kappa shape index (κ2) is 6.26.